The van der Waals surface area contributed by atoms with Gasteiger partial charge in [-0.2, -0.15) is 0 Å². The number of benzene rings is 3. The highest BCUT2D eigenvalue weighted by Gasteiger charge is 2.29. The number of halogens is 1. The summed E-state index contributed by atoms with van der Waals surface area (Å²) in [5, 5.41) is 14.1. The van der Waals surface area contributed by atoms with Crippen molar-refractivity contribution < 1.29 is 28.6 Å². The molecule has 0 aliphatic heterocycles. The van der Waals surface area contributed by atoms with Gasteiger partial charge in [0, 0.05) is 12.5 Å². The van der Waals surface area contributed by atoms with E-state index in [4.69, 9.17) is 9.84 Å². The molecule has 1 aliphatic rings. The van der Waals surface area contributed by atoms with Crippen molar-refractivity contribution in [2.75, 3.05) is 18.5 Å². The average molecular weight is 477 g/mol. The highest BCUT2D eigenvalue weighted by molar-refractivity contribution is 5.95. The zero-order chi connectivity index (χ0) is 24.9. The Balaban J connectivity index is 1.34. The fourth-order valence-electron chi connectivity index (χ4n) is 4.31. The summed E-state index contributed by atoms with van der Waals surface area (Å²) in [4.78, 5) is 36.1. The largest absolute Gasteiger partial charge is 0.478 e. The number of fused-ring (bicyclic) bond motifs is 3. The molecule has 1 atom stereocenters. The van der Waals surface area contributed by atoms with Gasteiger partial charge in [0.2, 0.25) is 5.91 Å². The van der Waals surface area contributed by atoms with E-state index < -0.39 is 35.3 Å². The first-order valence-corrected chi connectivity index (χ1v) is 11.3. The Morgan fingerprint density at radius 3 is 2.20 bits per heavy atom. The third-order valence-electron chi connectivity index (χ3n) is 6.19. The van der Waals surface area contributed by atoms with Crippen LogP contribution in [0.1, 0.15) is 40.7 Å². The number of anilines is 1. The summed E-state index contributed by atoms with van der Waals surface area (Å²) in [5.41, 5.74) is 3.68. The minimum absolute atomic E-state index is 0.0146. The van der Waals surface area contributed by atoms with Crippen LogP contribution >= 0.6 is 0 Å². The Hall–Kier alpha value is -4.20. The quantitative estimate of drug-likeness (QED) is 0.423. The van der Waals surface area contributed by atoms with Crippen LogP contribution in [0, 0.1) is 11.7 Å². The zero-order valence-corrected chi connectivity index (χ0v) is 19.1. The van der Waals surface area contributed by atoms with E-state index in [0.717, 1.165) is 28.3 Å². The molecule has 0 saturated carbocycles. The SMILES string of the molecule is CCC(CNC(=O)OCC1c2ccccc2-c2ccccc21)C(=O)Nc1cccc(C(=O)O)c1F. The van der Waals surface area contributed by atoms with Crippen LogP contribution in [0.15, 0.2) is 66.7 Å². The zero-order valence-electron chi connectivity index (χ0n) is 19.1. The Morgan fingerprint density at radius 1 is 0.971 bits per heavy atom. The number of ether oxygens (including phenoxy) is 1. The number of alkyl carbamates (subject to hydrolysis) is 1. The fraction of sp³-hybridized carbons (Fsp3) is 0.222. The minimum Gasteiger partial charge on any atom is -0.478 e. The van der Waals surface area contributed by atoms with Crippen LogP contribution in [0.3, 0.4) is 0 Å². The van der Waals surface area contributed by atoms with Gasteiger partial charge < -0.3 is 20.5 Å². The summed E-state index contributed by atoms with van der Waals surface area (Å²) in [6.45, 7) is 1.89. The molecule has 0 fully saturated rings. The van der Waals surface area contributed by atoms with Crippen molar-refractivity contribution in [3.63, 3.8) is 0 Å². The molecule has 3 aromatic carbocycles. The minimum atomic E-state index is -1.43. The second-order valence-corrected chi connectivity index (χ2v) is 8.27. The molecule has 1 aliphatic carbocycles. The Labute approximate surface area is 201 Å². The van der Waals surface area contributed by atoms with Crippen molar-refractivity contribution in [3.05, 3.63) is 89.2 Å². The van der Waals surface area contributed by atoms with Gasteiger partial charge in [0.15, 0.2) is 5.82 Å². The maximum atomic E-state index is 14.3. The van der Waals surface area contributed by atoms with E-state index in [1.54, 1.807) is 6.92 Å². The van der Waals surface area contributed by atoms with Crippen molar-refractivity contribution in [2.24, 2.45) is 5.92 Å². The van der Waals surface area contributed by atoms with Gasteiger partial charge in [0.1, 0.15) is 6.61 Å². The molecule has 0 bridgehead atoms. The van der Waals surface area contributed by atoms with Crippen LogP contribution in [0.2, 0.25) is 0 Å². The predicted molar refractivity (Wildman–Crippen MR) is 129 cm³/mol. The third-order valence-corrected chi connectivity index (χ3v) is 6.19. The molecule has 0 saturated heterocycles. The molecule has 3 aromatic rings. The van der Waals surface area contributed by atoms with Crippen molar-refractivity contribution >= 4 is 23.7 Å². The van der Waals surface area contributed by atoms with Gasteiger partial charge in [-0.1, -0.05) is 61.5 Å². The summed E-state index contributed by atoms with van der Waals surface area (Å²) < 4.78 is 19.8. The number of carboxylic acid groups (broad SMARTS) is 1. The number of hydrogen-bond acceptors (Lipinski definition) is 4. The second-order valence-electron chi connectivity index (χ2n) is 8.27. The monoisotopic (exact) mass is 476 g/mol. The standard InChI is InChI=1S/C27H25FN2O5/c1-2-16(25(31)30-23-13-7-12-21(24(23)28)26(32)33)14-29-27(34)35-15-22-19-10-5-3-8-17(19)18-9-4-6-11-20(18)22/h3-13,16,22H,2,14-15H2,1H3,(H,29,34)(H,30,31)(H,32,33). The smallest absolute Gasteiger partial charge is 0.407 e. The molecule has 0 radical (unpaired) electrons. The molecule has 0 heterocycles. The van der Waals surface area contributed by atoms with E-state index in [0.29, 0.717) is 6.42 Å². The predicted octanol–water partition coefficient (Wildman–Crippen LogP) is 5.03. The molecule has 0 aromatic heterocycles. The average Bonchev–Trinajstić information content (AvgIpc) is 3.18. The lowest BCUT2D eigenvalue weighted by molar-refractivity contribution is -0.119. The van der Waals surface area contributed by atoms with E-state index >= 15 is 0 Å². The summed E-state index contributed by atoms with van der Waals surface area (Å²) in [6, 6.07) is 19.8. The summed E-state index contributed by atoms with van der Waals surface area (Å²) in [5.74, 6) is -3.73. The van der Waals surface area contributed by atoms with Gasteiger partial charge in [-0.05, 0) is 40.8 Å². The molecule has 3 N–H and O–H groups in total. The number of amides is 2. The summed E-state index contributed by atoms with van der Waals surface area (Å²) >= 11 is 0. The lowest BCUT2D eigenvalue weighted by Gasteiger charge is -2.18. The topological polar surface area (TPSA) is 105 Å². The maximum Gasteiger partial charge on any atom is 0.407 e. The van der Waals surface area contributed by atoms with Crippen molar-refractivity contribution in [1.29, 1.82) is 0 Å². The normalized spacial score (nSPS) is 12.9. The first-order chi connectivity index (χ1) is 16.9. The molecular weight excluding hydrogens is 451 g/mol. The number of hydrogen-bond donors (Lipinski definition) is 3. The van der Waals surface area contributed by atoms with Crippen LogP contribution < -0.4 is 10.6 Å². The number of carboxylic acids is 1. The maximum absolute atomic E-state index is 14.3. The molecule has 0 spiro atoms. The molecule has 1 unspecified atom stereocenters. The Morgan fingerprint density at radius 2 is 1.60 bits per heavy atom. The number of nitrogens with one attached hydrogen (secondary N) is 2. The fourth-order valence-corrected chi connectivity index (χ4v) is 4.31. The first-order valence-electron chi connectivity index (χ1n) is 11.3. The highest BCUT2D eigenvalue weighted by Crippen LogP contribution is 2.44. The second kappa shape index (κ2) is 10.4. The van der Waals surface area contributed by atoms with E-state index in [2.05, 4.69) is 10.6 Å². The van der Waals surface area contributed by atoms with Crippen LogP contribution in [-0.4, -0.2) is 36.2 Å². The molecule has 180 valence electrons. The van der Waals surface area contributed by atoms with Crippen molar-refractivity contribution in [2.45, 2.75) is 19.3 Å². The summed E-state index contributed by atoms with van der Waals surface area (Å²) in [7, 11) is 0. The highest BCUT2D eigenvalue weighted by atomic mass is 19.1. The molecule has 7 nitrogen and oxygen atoms in total. The van der Waals surface area contributed by atoms with Gasteiger partial charge in [-0.15, -0.1) is 0 Å². The van der Waals surface area contributed by atoms with Crippen LogP contribution in [0.25, 0.3) is 11.1 Å². The molecule has 2 amide bonds. The van der Waals surface area contributed by atoms with E-state index in [1.807, 2.05) is 48.5 Å². The molecule has 8 heteroatoms. The first kappa shape index (κ1) is 23.9. The van der Waals surface area contributed by atoms with Gasteiger partial charge in [0.25, 0.3) is 0 Å². The van der Waals surface area contributed by atoms with Crippen molar-refractivity contribution in [3.8, 4) is 11.1 Å². The Kier molecular flexibility index (Phi) is 7.10. The van der Waals surface area contributed by atoms with Gasteiger partial charge in [-0.3, -0.25) is 4.79 Å². The van der Waals surface area contributed by atoms with Crippen LogP contribution in [0.4, 0.5) is 14.9 Å². The third kappa shape index (κ3) is 5.01. The van der Waals surface area contributed by atoms with E-state index in [9.17, 15) is 18.8 Å². The number of carbonyl (C=O) groups is 3. The molecule has 4 rings (SSSR count). The van der Waals surface area contributed by atoms with Crippen molar-refractivity contribution in [1.82, 2.24) is 5.32 Å². The Bertz CT molecular complexity index is 1230. The molecular formula is C27H25FN2O5. The summed E-state index contributed by atoms with van der Waals surface area (Å²) in [6.07, 6.45) is -0.285. The van der Waals surface area contributed by atoms with Crippen LogP contribution in [-0.2, 0) is 9.53 Å². The molecule has 35 heavy (non-hydrogen) atoms. The number of rotatable bonds is 8. The van der Waals surface area contributed by atoms with Gasteiger partial charge >= 0.3 is 12.1 Å². The number of aromatic carboxylic acids is 1. The van der Waals surface area contributed by atoms with Gasteiger partial charge in [-0.25, -0.2) is 14.0 Å². The van der Waals surface area contributed by atoms with E-state index in [1.165, 1.54) is 12.1 Å². The lowest BCUT2D eigenvalue weighted by Crippen LogP contribution is -2.36. The lowest BCUT2D eigenvalue weighted by atomic mass is 9.98. The van der Waals surface area contributed by atoms with E-state index in [-0.39, 0.29) is 24.8 Å². The number of carbonyl (C=O) groups excluding carboxylic acids is 2. The van der Waals surface area contributed by atoms with Crippen LogP contribution in [0.5, 0.6) is 0 Å². The van der Waals surface area contributed by atoms with Gasteiger partial charge in [0.05, 0.1) is 17.2 Å².